The van der Waals surface area contributed by atoms with Gasteiger partial charge in [0.2, 0.25) is 5.91 Å². The first-order valence-electron chi connectivity index (χ1n) is 10.3. The first kappa shape index (κ1) is 21.0. The number of rotatable bonds is 7. The van der Waals surface area contributed by atoms with Gasteiger partial charge >= 0.3 is 0 Å². The molecule has 160 valence electrons. The van der Waals surface area contributed by atoms with Crippen molar-refractivity contribution >= 4 is 34.7 Å². The van der Waals surface area contributed by atoms with Crippen LogP contribution >= 0.6 is 0 Å². The number of hydrogen-bond acceptors (Lipinski definition) is 6. The Morgan fingerprint density at radius 2 is 1.47 bits per heavy atom. The molecule has 0 spiro atoms. The third-order valence-corrected chi connectivity index (χ3v) is 4.66. The molecule has 0 aliphatic carbocycles. The lowest BCUT2D eigenvalue weighted by Crippen LogP contribution is -2.14. The normalized spacial score (nSPS) is 10.4. The minimum absolute atomic E-state index is 0.0520. The van der Waals surface area contributed by atoms with Crippen molar-refractivity contribution in [3.63, 3.8) is 0 Å². The van der Waals surface area contributed by atoms with Crippen molar-refractivity contribution in [2.45, 2.75) is 20.3 Å². The van der Waals surface area contributed by atoms with Crippen LogP contribution in [-0.2, 0) is 11.2 Å². The fourth-order valence-electron chi connectivity index (χ4n) is 3.20. The van der Waals surface area contributed by atoms with Gasteiger partial charge in [-0.3, -0.25) is 4.79 Å². The van der Waals surface area contributed by atoms with Gasteiger partial charge in [-0.2, -0.15) is 0 Å². The summed E-state index contributed by atoms with van der Waals surface area (Å²) in [5.74, 6) is 2.62. The minimum Gasteiger partial charge on any atom is -0.340 e. The van der Waals surface area contributed by atoms with Crippen LogP contribution in [0.5, 0.6) is 0 Å². The zero-order valence-electron chi connectivity index (χ0n) is 18.0. The highest BCUT2D eigenvalue weighted by atomic mass is 16.1. The Kier molecular flexibility index (Phi) is 6.36. The number of nitrogens with one attached hydrogen (secondary N) is 3. The molecular formula is C25H24N6O. The largest absolute Gasteiger partial charge is 0.340 e. The van der Waals surface area contributed by atoms with Gasteiger partial charge in [-0.15, -0.1) is 0 Å². The molecule has 0 aliphatic rings. The zero-order chi connectivity index (χ0) is 22.3. The van der Waals surface area contributed by atoms with E-state index < -0.39 is 0 Å². The molecule has 2 heterocycles. The highest BCUT2D eigenvalue weighted by Crippen LogP contribution is 2.21. The Morgan fingerprint density at radius 1 is 0.781 bits per heavy atom. The van der Waals surface area contributed by atoms with Crippen LogP contribution in [0, 0.1) is 13.8 Å². The number of pyridine rings is 1. The van der Waals surface area contributed by atoms with Crippen LogP contribution in [0.3, 0.4) is 0 Å². The fraction of sp³-hybridized carbons (Fsp3) is 0.120. The van der Waals surface area contributed by atoms with Gasteiger partial charge in [0, 0.05) is 23.6 Å². The number of hydrogen-bond donors (Lipinski definition) is 3. The quantitative estimate of drug-likeness (QED) is 0.380. The topological polar surface area (TPSA) is 91.8 Å². The van der Waals surface area contributed by atoms with E-state index in [1.54, 1.807) is 6.20 Å². The monoisotopic (exact) mass is 424 g/mol. The molecule has 7 nitrogen and oxygen atoms in total. The van der Waals surface area contributed by atoms with Crippen molar-refractivity contribution in [1.29, 1.82) is 0 Å². The maximum absolute atomic E-state index is 12.2. The van der Waals surface area contributed by atoms with Gasteiger partial charge in [0.15, 0.2) is 0 Å². The maximum Gasteiger partial charge on any atom is 0.228 e. The Labute approximate surface area is 187 Å². The summed E-state index contributed by atoms with van der Waals surface area (Å²) in [6.07, 6.45) is 2.09. The summed E-state index contributed by atoms with van der Waals surface area (Å²) in [5.41, 5.74) is 3.68. The van der Waals surface area contributed by atoms with Gasteiger partial charge in [-0.1, -0.05) is 30.3 Å². The Bertz CT molecular complexity index is 1210. The van der Waals surface area contributed by atoms with E-state index in [1.165, 1.54) is 0 Å². The third-order valence-electron chi connectivity index (χ3n) is 4.66. The average molecular weight is 425 g/mol. The fourth-order valence-corrected chi connectivity index (χ4v) is 3.20. The summed E-state index contributed by atoms with van der Waals surface area (Å²) in [6, 6.07) is 22.9. The molecule has 7 heteroatoms. The van der Waals surface area contributed by atoms with Gasteiger partial charge in [-0.05, 0) is 61.4 Å². The second kappa shape index (κ2) is 9.70. The lowest BCUT2D eigenvalue weighted by molar-refractivity contribution is -0.115. The lowest BCUT2D eigenvalue weighted by atomic mass is 10.1. The van der Waals surface area contributed by atoms with Crippen molar-refractivity contribution in [2.24, 2.45) is 0 Å². The molecule has 4 rings (SSSR count). The van der Waals surface area contributed by atoms with Crippen molar-refractivity contribution in [1.82, 2.24) is 15.0 Å². The van der Waals surface area contributed by atoms with Crippen LogP contribution in [0.15, 0.2) is 79.0 Å². The minimum atomic E-state index is -0.0520. The third kappa shape index (κ3) is 5.89. The molecule has 3 N–H and O–H groups in total. The molecule has 2 aromatic carbocycles. The van der Waals surface area contributed by atoms with Gasteiger partial charge < -0.3 is 16.0 Å². The molecule has 2 aromatic heterocycles. The first-order chi connectivity index (χ1) is 15.5. The second-order valence-corrected chi connectivity index (χ2v) is 7.44. The van der Waals surface area contributed by atoms with Crippen LogP contribution < -0.4 is 16.0 Å². The maximum atomic E-state index is 12.2. The summed E-state index contributed by atoms with van der Waals surface area (Å²) in [5, 5.41) is 9.41. The van der Waals surface area contributed by atoms with E-state index in [0.29, 0.717) is 23.9 Å². The molecule has 0 saturated carbocycles. The second-order valence-electron chi connectivity index (χ2n) is 7.44. The molecule has 4 aromatic rings. The molecule has 1 amide bonds. The van der Waals surface area contributed by atoms with Crippen LogP contribution in [0.1, 0.15) is 17.0 Å². The molecule has 0 atom stereocenters. The van der Waals surface area contributed by atoms with E-state index >= 15 is 0 Å². The lowest BCUT2D eigenvalue weighted by Gasteiger charge is -2.11. The van der Waals surface area contributed by atoms with Gasteiger partial charge in [-0.25, -0.2) is 15.0 Å². The van der Waals surface area contributed by atoms with E-state index in [0.717, 1.165) is 28.3 Å². The van der Waals surface area contributed by atoms with Gasteiger partial charge in [0.25, 0.3) is 0 Å². The SMILES string of the molecule is Cc1ccnc(Nc2cc(Nc3ccc(NC(=O)Cc4ccccc4)cc3)nc(C)n2)c1. The highest BCUT2D eigenvalue weighted by molar-refractivity contribution is 5.92. The number of aromatic nitrogens is 3. The molecule has 0 radical (unpaired) electrons. The Balaban J connectivity index is 1.39. The molecule has 0 saturated heterocycles. The Morgan fingerprint density at radius 3 is 2.19 bits per heavy atom. The van der Waals surface area contributed by atoms with E-state index in [9.17, 15) is 4.79 Å². The standard InChI is InChI=1S/C25H24N6O/c1-17-12-13-26-22(14-17)31-24-16-23(27-18(2)28-24)29-20-8-10-21(11-9-20)30-25(32)15-19-6-4-3-5-7-19/h3-14,16H,15H2,1-2H3,(H,30,32)(H2,26,27,28,29,31). The number of benzene rings is 2. The van der Waals surface area contributed by atoms with E-state index in [2.05, 4.69) is 30.9 Å². The molecule has 0 unspecified atom stereocenters. The highest BCUT2D eigenvalue weighted by Gasteiger charge is 2.06. The van der Waals surface area contributed by atoms with Crippen LogP contribution in [0.2, 0.25) is 0 Å². The number of anilines is 5. The number of amides is 1. The van der Waals surface area contributed by atoms with Crippen molar-refractivity contribution in [3.05, 3.63) is 95.9 Å². The van der Waals surface area contributed by atoms with Gasteiger partial charge in [0.05, 0.1) is 6.42 Å². The van der Waals surface area contributed by atoms with Crippen molar-refractivity contribution < 1.29 is 4.79 Å². The predicted octanol–water partition coefficient (Wildman–Crippen LogP) is 5.16. The number of carbonyl (C=O) groups excluding carboxylic acids is 1. The van der Waals surface area contributed by atoms with Crippen LogP contribution in [0.25, 0.3) is 0 Å². The van der Waals surface area contributed by atoms with Crippen LogP contribution in [0.4, 0.5) is 28.8 Å². The Hall–Kier alpha value is -4.26. The molecule has 0 fully saturated rings. The van der Waals surface area contributed by atoms with E-state index in [1.807, 2.05) is 86.6 Å². The average Bonchev–Trinajstić information content (AvgIpc) is 2.75. The summed E-state index contributed by atoms with van der Waals surface area (Å²) in [4.78, 5) is 25.4. The number of aryl methyl sites for hydroxylation is 2. The predicted molar refractivity (Wildman–Crippen MR) is 128 cm³/mol. The van der Waals surface area contributed by atoms with Crippen molar-refractivity contribution in [3.8, 4) is 0 Å². The molecule has 32 heavy (non-hydrogen) atoms. The summed E-state index contributed by atoms with van der Waals surface area (Å²) in [6.45, 7) is 3.85. The van der Waals surface area contributed by atoms with Crippen LogP contribution in [-0.4, -0.2) is 20.9 Å². The van der Waals surface area contributed by atoms with E-state index in [-0.39, 0.29) is 5.91 Å². The first-order valence-corrected chi connectivity index (χ1v) is 10.3. The molecular weight excluding hydrogens is 400 g/mol. The number of carbonyl (C=O) groups is 1. The molecule has 0 bridgehead atoms. The van der Waals surface area contributed by atoms with E-state index in [4.69, 9.17) is 0 Å². The zero-order valence-corrected chi connectivity index (χ0v) is 18.0. The van der Waals surface area contributed by atoms with Crippen molar-refractivity contribution in [2.75, 3.05) is 16.0 Å². The summed E-state index contributed by atoms with van der Waals surface area (Å²) < 4.78 is 0. The van der Waals surface area contributed by atoms with Gasteiger partial charge in [0.1, 0.15) is 23.3 Å². The number of nitrogens with zero attached hydrogens (tertiary/aromatic N) is 3. The molecule has 0 aliphatic heterocycles. The summed E-state index contributed by atoms with van der Waals surface area (Å²) in [7, 11) is 0. The smallest absolute Gasteiger partial charge is 0.228 e. The summed E-state index contributed by atoms with van der Waals surface area (Å²) >= 11 is 0.